The summed E-state index contributed by atoms with van der Waals surface area (Å²) in [6, 6.07) is 1.83. The van der Waals surface area contributed by atoms with Crippen LogP contribution in [0, 0.1) is 24.0 Å². The number of aryl methyl sites for hydroxylation is 2. The molecule has 0 radical (unpaired) electrons. The average Bonchev–Trinajstić information content (AvgIpc) is 2.37. The van der Waals surface area contributed by atoms with Gasteiger partial charge >= 0.3 is 5.69 Å². The minimum atomic E-state index is -0.523. The van der Waals surface area contributed by atoms with Gasteiger partial charge in [0.2, 0.25) is 5.95 Å². The molecular weight excluding hydrogens is 280 g/mol. The number of anilines is 1. The predicted octanol–water partition coefficient (Wildman–Crippen LogP) is 1.98. The first-order valence-electron chi connectivity index (χ1n) is 5.69. The zero-order valence-electron chi connectivity index (χ0n) is 11.1. The molecule has 20 heavy (non-hydrogen) atoms. The molecule has 0 saturated carbocycles. The summed E-state index contributed by atoms with van der Waals surface area (Å²) >= 11 is 1.05. The smallest absolute Gasteiger partial charge is 0.320 e. The van der Waals surface area contributed by atoms with Gasteiger partial charge in [0.15, 0.2) is 10.2 Å². The molecule has 0 bridgehead atoms. The summed E-state index contributed by atoms with van der Waals surface area (Å²) in [5, 5.41) is 14.4. The van der Waals surface area contributed by atoms with Crippen LogP contribution in [0.25, 0.3) is 0 Å². The second-order valence-corrected chi connectivity index (χ2v) is 4.88. The molecule has 1 N–H and O–H groups in total. The molecule has 0 aliphatic carbocycles. The summed E-state index contributed by atoms with van der Waals surface area (Å²) in [6.45, 7) is 3.68. The van der Waals surface area contributed by atoms with Crippen molar-refractivity contribution in [1.29, 1.82) is 0 Å². The first-order chi connectivity index (χ1) is 9.49. The number of aromatic nitrogens is 4. The van der Waals surface area contributed by atoms with Crippen molar-refractivity contribution in [3.05, 3.63) is 33.8 Å². The maximum atomic E-state index is 11.0. The standard InChI is InChI=1S/C11H12N6O2S/c1-6-4-7(2)15-11(14-6)20-9-8(17(18)19)5-13-10(12-3)16-9/h4-5H,1-3H3,(H,12,13,16). The summed E-state index contributed by atoms with van der Waals surface area (Å²) in [5.74, 6) is 0.308. The van der Waals surface area contributed by atoms with Crippen LogP contribution in [0.5, 0.6) is 0 Å². The summed E-state index contributed by atoms with van der Waals surface area (Å²) in [4.78, 5) is 26.9. The number of nitrogens with one attached hydrogen (secondary N) is 1. The van der Waals surface area contributed by atoms with Crippen molar-refractivity contribution in [3.63, 3.8) is 0 Å². The number of rotatable bonds is 4. The molecule has 0 aromatic carbocycles. The van der Waals surface area contributed by atoms with Crippen LogP contribution in [-0.2, 0) is 0 Å². The van der Waals surface area contributed by atoms with Gasteiger partial charge in [-0.05, 0) is 31.7 Å². The van der Waals surface area contributed by atoms with Crippen LogP contribution in [0.15, 0.2) is 22.4 Å². The van der Waals surface area contributed by atoms with Gasteiger partial charge in [-0.1, -0.05) is 0 Å². The summed E-state index contributed by atoms with van der Waals surface area (Å²) in [6.07, 6.45) is 1.17. The molecule has 2 rings (SSSR count). The number of nitrogens with zero attached hydrogens (tertiary/aromatic N) is 5. The lowest BCUT2D eigenvalue weighted by Gasteiger charge is -2.04. The Kier molecular flexibility index (Phi) is 4.08. The molecule has 2 heterocycles. The molecule has 0 aliphatic rings. The van der Waals surface area contributed by atoms with Crippen LogP contribution in [-0.4, -0.2) is 31.9 Å². The second kappa shape index (κ2) is 5.78. The van der Waals surface area contributed by atoms with Gasteiger partial charge in [-0.3, -0.25) is 10.1 Å². The predicted molar refractivity (Wildman–Crippen MR) is 73.9 cm³/mol. The SMILES string of the molecule is CNc1ncc([N+](=O)[O-])c(Sc2nc(C)cc(C)n2)n1. The molecule has 8 nitrogen and oxygen atoms in total. The third-order valence-electron chi connectivity index (χ3n) is 2.31. The zero-order chi connectivity index (χ0) is 14.7. The topological polar surface area (TPSA) is 107 Å². The van der Waals surface area contributed by atoms with Crippen LogP contribution in [0.3, 0.4) is 0 Å². The van der Waals surface area contributed by atoms with Crippen molar-refractivity contribution in [2.75, 3.05) is 12.4 Å². The van der Waals surface area contributed by atoms with E-state index in [9.17, 15) is 10.1 Å². The maximum absolute atomic E-state index is 11.0. The fourth-order valence-corrected chi connectivity index (χ4v) is 2.42. The van der Waals surface area contributed by atoms with E-state index in [1.807, 2.05) is 19.9 Å². The van der Waals surface area contributed by atoms with E-state index < -0.39 is 4.92 Å². The second-order valence-electron chi connectivity index (χ2n) is 3.93. The van der Waals surface area contributed by atoms with E-state index in [1.54, 1.807) is 7.05 Å². The van der Waals surface area contributed by atoms with Gasteiger partial charge in [0.25, 0.3) is 0 Å². The highest BCUT2D eigenvalue weighted by atomic mass is 32.2. The molecule has 2 aromatic rings. The highest BCUT2D eigenvalue weighted by Crippen LogP contribution is 2.31. The lowest BCUT2D eigenvalue weighted by Crippen LogP contribution is -2.01. The van der Waals surface area contributed by atoms with Gasteiger partial charge in [-0.2, -0.15) is 4.98 Å². The van der Waals surface area contributed by atoms with Crippen LogP contribution < -0.4 is 5.32 Å². The molecule has 2 aromatic heterocycles. The Morgan fingerprint density at radius 3 is 2.45 bits per heavy atom. The van der Waals surface area contributed by atoms with Crippen molar-refractivity contribution in [3.8, 4) is 0 Å². The number of nitro groups is 1. The third kappa shape index (κ3) is 3.18. The number of hydrogen-bond acceptors (Lipinski definition) is 8. The third-order valence-corrected chi connectivity index (χ3v) is 3.16. The van der Waals surface area contributed by atoms with Gasteiger partial charge < -0.3 is 5.32 Å². The Morgan fingerprint density at radius 1 is 1.25 bits per heavy atom. The first-order valence-corrected chi connectivity index (χ1v) is 6.50. The fourth-order valence-electron chi connectivity index (χ4n) is 1.51. The van der Waals surface area contributed by atoms with Gasteiger partial charge in [-0.15, -0.1) is 0 Å². The van der Waals surface area contributed by atoms with Crippen molar-refractivity contribution in [2.45, 2.75) is 24.0 Å². The quantitative estimate of drug-likeness (QED) is 0.394. The van der Waals surface area contributed by atoms with Crippen LogP contribution >= 0.6 is 11.8 Å². The Hall–Kier alpha value is -2.29. The zero-order valence-corrected chi connectivity index (χ0v) is 11.9. The van der Waals surface area contributed by atoms with Gasteiger partial charge in [-0.25, -0.2) is 15.0 Å². The van der Waals surface area contributed by atoms with Gasteiger partial charge in [0, 0.05) is 18.4 Å². The molecule has 0 amide bonds. The maximum Gasteiger partial charge on any atom is 0.320 e. The fraction of sp³-hybridized carbons (Fsp3) is 0.273. The summed E-state index contributed by atoms with van der Waals surface area (Å²) in [7, 11) is 1.64. The van der Waals surface area contributed by atoms with Gasteiger partial charge in [0.1, 0.15) is 6.20 Å². The van der Waals surface area contributed by atoms with E-state index in [-0.39, 0.29) is 10.7 Å². The minimum absolute atomic E-state index is 0.170. The number of hydrogen-bond donors (Lipinski definition) is 1. The van der Waals surface area contributed by atoms with Crippen molar-refractivity contribution >= 4 is 23.4 Å². The van der Waals surface area contributed by atoms with Crippen LogP contribution in [0.2, 0.25) is 0 Å². The average molecular weight is 292 g/mol. The molecule has 0 spiro atoms. The van der Waals surface area contributed by atoms with Crippen LogP contribution in [0.1, 0.15) is 11.4 Å². The molecule has 9 heteroatoms. The van der Waals surface area contributed by atoms with E-state index in [4.69, 9.17) is 0 Å². The lowest BCUT2D eigenvalue weighted by molar-refractivity contribution is -0.388. The van der Waals surface area contributed by atoms with E-state index in [0.717, 1.165) is 23.1 Å². The molecule has 104 valence electrons. The Labute approximate surface area is 119 Å². The summed E-state index contributed by atoms with van der Waals surface area (Å²) in [5.41, 5.74) is 1.42. The molecule has 0 aliphatic heterocycles. The monoisotopic (exact) mass is 292 g/mol. The van der Waals surface area contributed by atoms with Crippen molar-refractivity contribution < 1.29 is 4.92 Å². The minimum Gasteiger partial charge on any atom is -0.357 e. The molecule has 0 unspecified atom stereocenters. The van der Waals surface area contributed by atoms with E-state index in [0.29, 0.717) is 11.1 Å². The highest BCUT2D eigenvalue weighted by Gasteiger charge is 2.19. The van der Waals surface area contributed by atoms with Crippen LogP contribution in [0.4, 0.5) is 11.6 Å². The molecule has 0 atom stereocenters. The molecule has 0 fully saturated rings. The Bertz CT molecular complexity index is 643. The first kappa shape index (κ1) is 14.1. The summed E-state index contributed by atoms with van der Waals surface area (Å²) < 4.78 is 0. The Balaban J connectivity index is 2.42. The van der Waals surface area contributed by atoms with E-state index in [1.165, 1.54) is 6.20 Å². The van der Waals surface area contributed by atoms with Crippen molar-refractivity contribution in [1.82, 2.24) is 19.9 Å². The van der Waals surface area contributed by atoms with E-state index >= 15 is 0 Å². The normalized spacial score (nSPS) is 10.3. The molecular formula is C11H12N6O2S. The molecule has 0 saturated heterocycles. The van der Waals surface area contributed by atoms with E-state index in [2.05, 4.69) is 25.3 Å². The highest BCUT2D eigenvalue weighted by molar-refractivity contribution is 7.99. The Morgan fingerprint density at radius 2 is 1.90 bits per heavy atom. The van der Waals surface area contributed by atoms with Crippen molar-refractivity contribution in [2.24, 2.45) is 0 Å². The lowest BCUT2D eigenvalue weighted by atomic mass is 10.4. The van der Waals surface area contributed by atoms with Gasteiger partial charge in [0.05, 0.1) is 4.92 Å². The largest absolute Gasteiger partial charge is 0.357 e.